The van der Waals surface area contributed by atoms with Crippen molar-refractivity contribution in [3.8, 4) is 5.75 Å². The second-order valence-electron chi connectivity index (χ2n) is 6.69. The normalized spacial score (nSPS) is 20.2. The van der Waals surface area contributed by atoms with Crippen molar-refractivity contribution in [3.05, 3.63) is 53.9 Å². The van der Waals surface area contributed by atoms with Gasteiger partial charge in [-0.15, -0.1) is 0 Å². The lowest BCUT2D eigenvalue weighted by Crippen LogP contribution is -2.28. The molecule has 2 aromatic rings. The molecule has 1 unspecified atom stereocenters. The minimum Gasteiger partial charge on any atom is -0.492 e. The number of ether oxygens (including phenoxy) is 1. The van der Waals surface area contributed by atoms with E-state index in [0.717, 1.165) is 36.5 Å². The van der Waals surface area contributed by atoms with Gasteiger partial charge in [0.1, 0.15) is 12.4 Å². The number of pyridine rings is 1. The van der Waals surface area contributed by atoms with Gasteiger partial charge in [-0.05, 0) is 67.3 Å². The predicted octanol–water partition coefficient (Wildman–Crippen LogP) is 3.18. The number of aromatic nitrogens is 1. The Kier molecular flexibility index (Phi) is 4.65. The standard InChI is InChI=1S/C20H23N3O2/c24-20-6-3-16-14-17(4-5-18(16)22-20)25-13-12-23-11-1-2-19(23)15-7-9-21-10-8-15/h4-5,7-10,14,19H,1-3,6,11-13H2,(H,22,24). The van der Waals surface area contributed by atoms with Gasteiger partial charge in [0.25, 0.3) is 0 Å². The number of nitrogens with zero attached hydrogens (tertiary/aromatic N) is 2. The van der Waals surface area contributed by atoms with Gasteiger partial charge >= 0.3 is 0 Å². The minimum atomic E-state index is 0.0948. The molecule has 1 aromatic heterocycles. The molecule has 130 valence electrons. The highest BCUT2D eigenvalue weighted by molar-refractivity contribution is 5.93. The number of fused-ring (bicyclic) bond motifs is 1. The molecule has 25 heavy (non-hydrogen) atoms. The summed E-state index contributed by atoms with van der Waals surface area (Å²) in [6, 6.07) is 10.6. The van der Waals surface area contributed by atoms with E-state index in [1.54, 1.807) is 0 Å². The van der Waals surface area contributed by atoms with Crippen molar-refractivity contribution in [1.29, 1.82) is 0 Å². The van der Waals surface area contributed by atoms with Crippen LogP contribution in [0.4, 0.5) is 5.69 Å². The number of nitrogens with one attached hydrogen (secondary N) is 1. The zero-order valence-electron chi connectivity index (χ0n) is 14.3. The van der Waals surface area contributed by atoms with E-state index in [4.69, 9.17) is 4.74 Å². The maximum atomic E-state index is 11.4. The van der Waals surface area contributed by atoms with E-state index in [2.05, 4.69) is 33.4 Å². The van der Waals surface area contributed by atoms with Crippen molar-refractivity contribution >= 4 is 11.6 Å². The van der Waals surface area contributed by atoms with Crippen LogP contribution in [0.15, 0.2) is 42.7 Å². The Balaban J connectivity index is 1.34. The maximum Gasteiger partial charge on any atom is 0.224 e. The topological polar surface area (TPSA) is 54.5 Å². The molecule has 0 aliphatic carbocycles. The van der Waals surface area contributed by atoms with E-state index in [-0.39, 0.29) is 5.91 Å². The minimum absolute atomic E-state index is 0.0948. The highest BCUT2D eigenvalue weighted by Crippen LogP contribution is 2.31. The summed E-state index contributed by atoms with van der Waals surface area (Å²) < 4.78 is 5.98. The first-order valence-corrected chi connectivity index (χ1v) is 8.99. The summed E-state index contributed by atoms with van der Waals surface area (Å²) in [6.45, 7) is 2.71. The lowest BCUT2D eigenvalue weighted by atomic mass is 10.0. The van der Waals surface area contributed by atoms with Crippen LogP contribution in [-0.2, 0) is 11.2 Å². The maximum absolute atomic E-state index is 11.4. The third kappa shape index (κ3) is 3.66. The average molecular weight is 337 g/mol. The van der Waals surface area contributed by atoms with Crippen LogP contribution < -0.4 is 10.1 Å². The van der Waals surface area contributed by atoms with Crippen LogP contribution in [0, 0.1) is 0 Å². The number of anilines is 1. The van der Waals surface area contributed by atoms with E-state index in [9.17, 15) is 4.79 Å². The number of likely N-dealkylation sites (tertiary alicyclic amines) is 1. The molecule has 1 fully saturated rings. The number of aryl methyl sites for hydroxylation is 1. The second-order valence-corrected chi connectivity index (χ2v) is 6.69. The Labute approximate surface area is 148 Å². The molecule has 5 nitrogen and oxygen atoms in total. The molecule has 2 aliphatic rings. The first kappa shape index (κ1) is 16.1. The van der Waals surface area contributed by atoms with Crippen molar-refractivity contribution < 1.29 is 9.53 Å². The first-order chi connectivity index (χ1) is 12.3. The molecule has 0 spiro atoms. The molecule has 2 aliphatic heterocycles. The SMILES string of the molecule is O=C1CCc2cc(OCCN3CCCC3c3ccncc3)ccc2N1. The van der Waals surface area contributed by atoms with E-state index in [0.29, 0.717) is 19.1 Å². The molecule has 5 heteroatoms. The Morgan fingerprint density at radius 1 is 1.20 bits per heavy atom. The van der Waals surface area contributed by atoms with Crippen LogP contribution in [0.2, 0.25) is 0 Å². The van der Waals surface area contributed by atoms with Crippen molar-refractivity contribution in [2.45, 2.75) is 31.7 Å². The molecule has 3 heterocycles. The molecular formula is C20H23N3O2. The summed E-state index contributed by atoms with van der Waals surface area (Å²) in [7, 11) is 0. The van der Waals surface area contributed by atoms with E-state index in [1.807, 2.05) is 24.5 Å². The molecule has 0 bridgehead atoms. The fourth-order valence-electron chi connectivity index (χ4n) is 3.79. The molecule has 0 radical (unpaired) electrons. The van der Waals surface area contributed by atoms with E-state index in [1.165, 1.54) is 18.4 Å². The number of hydrogen-bond donors (Lipinski definition) is 1. The van der Waals surface area contributed by atoms with Gasteiger partial charge in [-0.25, -0.2) is 0 Å². The van der Waals surface area contributed by atoms with Crippen molar-refractivity contribution in [2.24, 2.45) is 0 Å². The highest BCUT2D eigenvalue weighted by atomic mass is 16.5. The quantitative estimate of drug-likeness (QED) is 0.910. The van der Waals surface area contributed by atoms with Crippen LogP contribution >= 0.6 is 0 Å². The second kappa shape index (κ2) is 7.23. The van der Waals surface area contributed by atoms with Gasteiger partial charge in [0.15, 0.2) is 0 Å². The van der Waals surface area contributed by atoms with Gasteiger partial charge in [0.05, 0.1) is 0 Å². The van der Waals surface area contributed by atoms with Gasteiger partial charge < -0.3 is 10.1 Å². The Hall–Kier alpha value is -2.40. The van der Waals surface area contributed by atoms with E-state index < -0.39 is 0 Å². The third-order valence-electron chi connectivity index (χ3n) is 5.07. The predicted molar refractivity (Wildman–Crippen MR) is 96.7 cm³/mol. The summed E-state index contributed by atoms with van der Waals surface area (Å²) >= 11 is 0. The van der Waals surface area contributed by atoms with Crippen molar-refractivity contribution in [2.75, 3.05) is 25.0 Å². The first-order valence-electron chi connectivity index (χ1n) is 8.99. The summed E-state index contributed by atoms with van der Waals surface area (Å²) in [5.74, 6) is 0.979. The van der Waals surface area contributed by atoms with Gasteiger partial charge in [-0.2, -0.15) is 0 Å². The molecule has 1 amide bonds. The summed E-state index contributed by atoms with van der Waals surface area (Å²) in [4.78, 5) is 18.0. The molecule has 4 rings (SSSR count). The zero-order valence-corrected chi connectivity index (χ0v) is 14.3. The number of amides is 1. The summed E-state index contributed by atoms with van der Waals surface area (Å²) in [5.41, 5.74) is 3.42. The molecule has 0 saturated carbocycles. The largest absolute Gasteiger partial charge is 0.492 e. The number of hydrogen-bond acceptors (Lipinski definition) is 4. The van der Waals surface area contributed by atoms with Crippen molar-refractivity contribution in [3.63, 3.8) is 0 Å². The van der Waals surface area contributed by atoms with Gasteiger partial charge in [-0.1, -0.05) is 0 Å². The smallest absolute Gasteiger partial charge is 0.224 e. The Morgan fingerprint density at radius 2 is 2.08 bits per heavy atom. The van der Waals surface area contributed by atoms with Crippen LogP contribution in [0.5, 0.6) is 5.75 Å². The van der Waals surface area contributed by atoms with Gasteiger partial charge in [-0.3, -0.25) is 14.7 Å². The Bertz CT molecular complexity index is 748. The lowest BCUT2D eigenvalue weighted by molar-refractivity contribution is -0.116. The van der Waals surface area contributed by atoms with Crippen LogP contribution in [0.25, 0.3) is 0 Å². The molecular weight excluding hydrogens is 314 g/mol. The van der Waals surface area contributed by atoms with Gasteiger partial charge in [0, 0.05) is 37.1 Å². The number of carbonyl (C=O) groups is 1. The average Bonchev–Trinajstić information content (AvgIpc) is 3.11. The third-order valence-corrected chi connectivity index (χ3v) is 5.07. The number of benzene rings is 1. The monoisotopic (exact) mass is 337 g/mol. The van der Waals surface area contributed by atoms with Crippen molar-refractivity contribution in [1.82, 2.24) is 9.88 Å². The highest BCUT2D eigenvalue weighted by Gasteiger charge is 2.25. The number of rotatable bonds is 5. The molecule has 1 N–H and O–H groups in total. The fraction of sp³-hybridized carbons (Fsp3) is 0.400. The fourth-order valence-corrected chi connectivity index (χ4v) is 3.79. The van der Waals surface area contributed by atoms with Crippen LogP contribution in [0.3, 0.4) is 0 Å². The van der Waals surface area contributed by atoms with Crippen LogP contribution in [0.1, 0.15) is 36.4 Å². The lowest BCUT2D eigenvalue weighted by Gasteiger charge is -2.25. The molecule has 1 aromatic carbocycles. The molecule has 1 atom stereocenters. The zero-order chi connectivity index (χ0) is 17.1. The van der Waals surface area contributed by atoms with Crippen LogP contribution in [-0.4, -0.2) is 35.5 Å². The summed E-state index contributed by atoms with van der Waals surface area (Å²) in [5, 5.41) is 2.90. The summed E-state index contributed by atoms with van der Waals surface area (Å²) in [6.07, 6.45) is 7.50. The van der Waals surface area contributed by atoms with Gasteiger partial charge in [0.2, 0.25) is 5.91 Å². The molecule has 1 saturated heterocycles. The number of carbonyl (C=O) groups excluding carboxylic acids is 1. The Morgan fingerprint density at radius 3 is 2.96 bits per heavy atom. The van der Waals surface area contributed by atoms with E-state index >= 15 is 0 Å².